The molecule has 1 aromatic carbocycles. The zero-order chi connectivity index (χ0) is 14.9. The van der Waals surface area contributed by atoms with Gasteiger partial charge in [-0.1, -0.05) is 22.0 Å². The van der Waals surface area contributed by atoms with E-state index in [9.17, 15) is 13.2 Å². The molecule has 0 aliphatic heterocycles. The highest BCUT2D eigenvalue weighted by Gasteiger charge is 2.36. The lowest BCUT2D eigenvalue weighted by atomic mass is 9.96. The Labute approximate surface area is 134 Å². The number of halogens is 5. The van der Waals surface area contributed by atoms with Gasteiger partial charge < -0.3 is 0 Å². The molecule has 0 aliphatic carbocycles. The van der Waals surface area contributed by atoms with Crippen molar-refractivity contribution < 1.29 is 13.2 Å². The molecule has 108 valence electrons. The van der Waals surface area contributed by atoms with E-state index in [-0.39, 0.29) is 5.56 Å². The molecule has 0 radical (unpaired) electrons. The Morgan fingerprint density at radius 3 is 2.35 bits per heavy atom. The van der Waals surface area contributed by atoms with Crippen molar-refractivity contribution in [3.63, 3.8) is 0 Å². The van der Waals surface area contributed by atoms with E-state index in [1.54, 1.807) is 16.8 Å². The molecule has 2 aromatic rings. The van der Waals surface area contributed by atoms with Crippen LogP contribution in [0.1, 0.15) is 22.7 Å². The molecule has 1 atom stereocenters. The molecule has 1 aromatic heterocycles. The number of hydrazine groups is 1. The molecule has 20 heavy (non-hydrogen) atoms. The van der Waals surface area contributed by atoms with Crippen LogP contribution in [0.2, 0.25) is 0 Å². The lowest BCUT2D eigenvalue weighted by molar-refractivity contribution is -0.138. The van der Waals surface area contributed by atoms with Crippen LogP contribution >= 0.6 is 43.2 Å². The summed E-state index contributed by atoms with van der Waals surface area (Å²) in [6, 6.07) is 3.30. The van der Waals surface area contributed by atoms with Crippen molar-refractivity contribution in [2.45, 2.75) is 12.2 Å². The van der Waals surface area contributed by atoms with Gasteiger partial charge in [-0.05, 0) is 44.6 Å². The molecule has 8 heteroatoms. The van der Waals surface area contributed by atoms with Crippen LogP contribution in [0.15, 0.2) is 37.9 Å². The summed E-state index contributed by atoms with van der Waals surface area (Å²) < 4.78 is 40.6. The fraction of sp³-hybridized carbons (Fsp3) is 0.167. The molecular weight excluding hydrogens is 421 g/mol. The van der Waals surface area contributed by atoms with Crippen LogP contribution in [-0.4, -0.2) is 0 Å². The van der Waals surface area contributed by atoms with Crippen LogP contribution in [0, 0.1) is 0 Å². The minimum Gasteiger partial charge on any atom is -0.271 e. The fourth-order valence-corrected chi connectivity index (χ4v) is 3.78. The lowest BCUT2D eigenvalue weighted by Gasteiger charge is -2.21. The first-order valence-corrected chi connectivity index (χ1v) is 7.92. The zero-order valence-corrected chi connectivity index (χ0v) is 13.8. The maximum Gasteiger partial charge on any atom is 0.416 e. The maximum absolute atomic E-state index is 13.2. The van der Waals surface area contributed by atoms with Crippen molar-refractivity contribution in [2.24, 2.45) is 5.84 Å². The first-order chi connectivity index (χ1) is 9.34. The molecule has 0 fully saturated rings. The molecule has 1 unspecified atom stereocenters. The molecule has 0 amide bonds. The SMILES string of the molecule is NNC(c1cscc1Br)c1ccc(Br)cc1C(F)(F)F. The van der Waals surface area contributed by atoms with E-state index in [1.807, 2.05) is 0 Å². The van der Waals surface area contributed by atoms with Gasteiger partial charge in [-0.3, -0.25) is 5.84 Å². The molecule has 0 spiro atoms. The number of hydrogen-bond donors (Lipinski definition) is 2. The van der Waals surface area contributed by atoms with E-state index in [1.165, 1.54) is 17.4 Å². The van der Waals surface area contributed by atoms with E-state index in [4.69, 9.17) is 5.84 Å². The fourth-order valence-electron chi connectivity index (χ4n) is 1.87. The summed E-state index contributed by atoms with van der Waals surface area (Å²) in [5.41, 5.74) is 2.50. The van der Waals surface area contributed by atoms with Crippen LogP contribution in [-0.2, 0) is 6.18 Å². The van der Waals surface area contributed by atoms with Gasteiger partial charge in [0.1, 0.15) is 0 Å². The van der Waals surface area contributed by atoms with Crippen LogP contribution in [0.5, 0.6) is 0 Å². The highest BCUT2D eigenvalue weighted by atomic mass is 79.9. The van der Waals surface area contributed by atoms with Crippen LogP contribution in [0.25, 0.3) is 0 Å². The Bertz CT molecular complexity index is 613. The largest absolute Gasteiger partial charge is 0.416 e. The Kier molecular flexibility index (Phi) is 4.91. The second-order valence-electron chi connectivity index (χ2n) is 4.00. The van der Waals surface area contributed by atoms with Gasteiger partial charge in [-0.15, -0.1) is 0 Å². The first kappa shape index (κ1) is 16.0. The molecule has 2 nitrogen and oxygen atoms in total. The number of thiophene rings is 1. The standard InChI is InChI=1S/C12H9Br2F3N2S/c13-6-1-2-7(9(3-6)12(15,16)17)11(19-18)8-4-20-5-10(8)14/h1-5,11,19H,18H2. The van der Waals surface area contributed by atoms with Crippen LogP contribution < -0.4 is 11.3 Å². The molecule has 0 bridgehead atoms. The van der Waals surface area contributed by atoms with Gasteiger partial charge >= 0.3 is 6.18 Å². The Balaban J connectivity index is 2.59. The molecule has 0 saturated heterocycles. The van der Waals surface area contributed by atoms with Crippen molar-refractivity contribution in [3.05, 3.63) is 54.6 Å². The van der Waals surface area contributed by atoms with E-state index >= 15 is 0 Å². The van der Waals surface area contributed by atoms with Gasteiger partial charge in [0.25, 0.3) is 0 Å². The monoisotopic (exact) mass is 428 g/mol. The maximum atomic E-state index is 13.2. The van der Waals surface area contributed by atoms with E-state index in [0.29, 0.717) is 10.0 Å². The van der Waals surface area contributed by atoms with Crippen LogP contribution in [0.4, 0.5) is 13.2 Å². The molecule has 0 saturated carbocycles. The topological polar surface area (TPSA) is 38.0 Å². The predicted molar refractivity (Wildman–Crippen MR) is 80.3 cm³/mol. The van der Waals surface area contributed by atoms with E-state index in [0.717, 1.165) is 10.5 Å². The highest BCUT2D eigenvalue weighted by molar-refractivity contribution is 9.10. The Hall–Kier alpha value is -0.410. The number of nitrogens with one attached hydrogen (secondary N) is 1. The zero-order valence-electron chi connectivity index (χ0n) is 9.84. The van der Waals surface area contributed by atoms with Crippen molar-refractivity contribution in [1.82, 2.24) is 5.43 Å². The van der Waals surface area contributed by atoms with Crippen molar-refractivity contribution in [1.29, 1.82) is 0 Å². The molecule has 1 heterocycles. The highest BCUT2D eigenvalue weighted by Crippen LogP contribution is 2.39. The lowest BCUT2D eigenvalue weighted by Crippen LogP contribution is -2.30. The normalized spacial score (nSPS) is 13.5. The van der Waals surface area contributed by atoms with Gasteiger partial charge in [0, 0.05) is 14.3 Å². The van der Waals surface area contributed by atoms with E-state index in [2.05, 4.69) is 37.3 Å². The Morgan fingerprint density at radius 2 is 1.85 bits per heavy atom. The minimum absolute atomic E-state index is 0.0855. The number of alkyl halides is 3. The van der Waals surface area contributed by atoms with Gasteiger partial charge in [0.2, 0.25) is 0 Å². The minimum atomic E-state index is -4.45. The van der Waals surface area contributed by atoms with Crippen LogP contribution in [0.3, 0.4) is 0 Å². The predicted octanol–water partition coefficient (Wildman–Crippen LogP) is 4.84. The summed E-state index contributed by atoms with van der Waals surface area (Å²) in [6.07, 6.45) is -4.45. The second kappa shape index (κ2) is 6.15. The van der Waals surface area contributed by atoms with Crippen molar-refractivity contribution in [2.75, 3.05) is 0 Å². The average molecular weight is 430 g/mol. The second-order valence-corrected chi connectivity index (χ2v) is 6.52. The number of benzene rings is 1. The first-order valence-electron chi connectivity index (χ1n) is 5.39. The Morgan fingerprint density at radius 1 is 1.15 bits per heavy atom. The number of hydrogen-bond acceptors (Lipinski definition) is 3. The summed E-state index contributed by atoms with van der Waals surface area (Å²) in [5, 5.41) is 3.56. The number of rotatable bonds is 3. The summed E-state index contributed by atoms with van der Waals surface area (Å²) in [7, 11) is 0. The summed E-state index contributed by atoms with van der Waals surface area (Å²) in [6.45, 7) is 0. The average Bonchev–Trinajstić information content (AvgIpc) is 2.77. The smallest absolute Gasteiger partial charge is 0.271 e. The third kappa shape index (κ3) is 3.25. The van der Waals surface area contributed by atoms with E-state index < -0.39 is 17.8 Å². The molecular formula is C12H9Br2F3N2S. The quantitative estimate of drug-likeness (QED) is 0.540. The third-order valence-corrected chi connectivity index (χ3v) is 5.00. The van der Waals surface area contributed by atoms with Crippen molar-refractivity contribution in [3.8, 4) is 0 Å². The summed E-state index contributed by atoms with van der Waals surface area (Å²) in [4.78, 5) is 0. The van der Waals surface area contributed by atoms with Gasteiger partial charge in [0.05, 0.1) is 11.6 Å². The number of nitrogens with two attached hydrogens (primary N) is 1. The van der Waals surface area contributed by atoms with Gasteiger partial charge in [-0.2, -0.15) is 24.5 Å². The third-order valence-electron chi connectivity index (χ3n) is 2.75. The molecule has 2 rings (SSSR count). The van der Waals surface area contributed by atoms with Gasteiger partial charge in [0.15, 0.2) is 0 Å². The summed E-state index contributed by atoms with van der Waals surface area (Å²) in [5.74, 6) is 5.47. The van der Waals surface area contributed by atoms with Crippen molar-refractivity contribution >= 4 is 43.2 Å². The summed E-state index contributed by atoms with van der Waals surface area (Å²) >= 11 is 7.77. The van der Waals surface area contributed by atoms with Gasteiger partial charge in [-0.25, -0.2) is 5.43 Å². The molecule has 0 aliphatic rings. The molecule has 3 N–H and O–H groups in total.